The molecule has 5 rings (SSSR count). The van der Waals surface area contributed by atoms with Gasteiger partial charge in [0.05, 0.1) is 30.8 Å². The van der Waals surface area contributed by atoms with E-state index in [0.717, 1.165) is 50.0 Å². The summed E-state index contributed by atoms with van der Waals surface area (Å²) in [6, 6.07) is 10.9. The van der Waals surface area contributed by atoms with E-state index in [0.29, 0.717) is 35.7 Å². The Balaban J connectivity index is 1.49. The summed E-state index contributed by atoms with van der Waals surface area (Å²) < 4.78 is 27.3. The lowest BCUT2D eigenvalue weighted by molar-refractivity contribution is 0.0398. The average Bonchev–Trinajstić information content (AvgIpc) is 3.35. The van der Waals surface area contributed by atoms with E-state index in [-0.39, 0.29) is 23.3 Å². The average molecular weight is 535 g/mol. The van der Waals surface area contributed by atoms with Crippen molar-refractivity contribution in [2.75, 3.05) is 51.3 Å². The standard InChI is InChI=1S/C28H31FN6O4/c1-3-30-28(37)21-6-4-19(14-18(21)2)24-17-32-27-23(31-8-9-34-10-12-38-13-11-34)16-26(33-35(24)27)39-25-7-5-20(36)15-22(25)29/h4-7,14-17,31,36H,3,8-13H2,1-2H3,(H,30,37). The minimum absolute atomic E-state index is 0.0669. The van der Waals surface area contributed by atoms with E-state index in [4.69, 9.17) is 9.47 Å². The summed E-state index contributed by atoms with van der Waals surface area (Å²) in [6.45, 7) is 8.96. The second-order valence-electron chi connectivity index (χ2n) is 9.26. The zero-order valence-corrected chi connectivity index (χ0v) is 21.9. The maximum absolute atomic E-state index is 14.4. The first-order valence-electron chi connectivity index (χ1n) is 12.9. The van der Waals surface area contributed by atoms with Crippen LogP contribution in [-0.2, 0) is 4.74 Å². The fourth-order valence-electron chi connectivity index (χ4n) is 4.52. The van der Waals surface area contributed by atoms with Crippen molar-refractivity contribution in [2.24, 2.45) is 0 Å². The molecule has 3 N–H and O–H groups in total. The first-order chi connectivity index (χ1) is 18.9. The monoisotopic (exact) mass is 534 g/mol. The molecule has 2 aromatic carbocycles. The van der Waals surface area contributed by atoms with E-state index in [1.807, 2.05) is 26.0 Å². The fourth-order valence-corrected chi connectivity index (χ4v) is 4.52. The smallest absolute Gasteiger partial charge is 0.251 e. The predicted molar refractivity (Wildman–Crippen MR) is 145 cm³/mol. The van der Waals surface area contributed by atoms with Crippen molar-refractivity contribution in [3.05, 3.63) is 65.6 Å². The molecule has 0 unspecified atom stereocenters. The van der Waals surface area contributed by atoms with Crippen LogP contribution in [0.5, 0.6) is 17.4 Å². The molecular formula is C28H31FN6O4. The number of hydrogen-bond acceptors (Lipinski definition) is 8. The van der Waals surface area contributed by atoms with Crippen molar-refractivity contribution in [3.63, 3.8) is 0 Å². The molecule has 0 saturated carbocycles. The number of aromatic nitrogens is 3. The highest BCUT2D eigenvalue weighted by Gasteiger charge is 2.18. The van der Waals surface area contributed by atoms with Crippen molar-refractivity contribution in [1.82, 2.24) is 24.8 Å². The number of fused-ring (bicyclic) bond motifs is 1. The van der Waals surface area contributed by atoms with Crippen molar-refractivity contribution < 1.29 is 23.8 Å². The number of benzene rings is 2. The molecule has 1 aliphatic rings. The van der Waals surface area contributed by atoms with Crippen LogP contribution in [0.1, 0.15) is 22.8 Å². The van der Waals surface area contributed by atoms with Gasteiger partial charge in [0.25, 0.3) is 5.91 Å². The highest BCUT2D eigenvalue weighted by Crippen LogP contribution is 2.31. The van der Waals surface area contributed by atoms with Gasteiger partial charge >= 0.3 is 0 Å². The molecule has 1 aliphatic heterocycles. The van der Waals surface area contributed by atoms with Crippen LogP contribution in [0.15, 0.2) is 48.7 Å². The van der Waals surface area contributed by atoms with Gasteiger partial charge in [-0.15, -0.1) is 5.10 Å². The number of phenolic OH excluding ortho intramolecular Hbond substituents is 1. The van der Waals surface area contributed by atoms with Crippen LogP contribution in [-0.4, -0.2) is 76.4 Å². The minimum Gasteiger partial charge on any atom is -0.508 e. The number of phenols is 1. The molecule has 2 aromatic heterocycles. The number of nitrogens with one attached hydrogen (secondary N) is 2. The third-order valence-corrected chi connectivity index (χ3v) is 6.53. The Morgan fingerprint density at radius 1 is 1.18 bits per heavy atom. The van der Waals surface area contributed by atoms with Gasteiger partial charge in [0.15, 0.2) is 17.2 Å². The van der Waals surface area contributed by atoms with E-state index < -0.39 is 5.82 Å². The van der Waals surface area contributed by atoms with Gasteiger partial charge in [-0.1, -0.05) is 6.07 Å². The Morgan fingerprint density at radius 2 is 2.00 bits per heavy atom. The van der Waals surface area contributed by atoms with E-state index in [1.54, 1.807) is 22.8 Å². The third kappa shape index (κ3) is 5.94. The van der Waals surface area contributed by atoms with E-state index in [1.165, 1.54) is 12.1 Å². The van der Waals surface area contributed by atoms with E-state index >= 15 is 0 Å². The number of imidazole rings is 1. The molecule has 1 amide bonds. The zero-order chi connectivity index (χ0) is 27.4. The summed E-state index contributed by atoms with van der Waals surface area (Å²) >= 11 is 0. The van der Waals surface area contributed by atoms with Gasteiger partial charge in [-0.2, -0.15) is 0 Å². The number of aryl methyl sites for hydroxylation is 1. The van der Waals surface area contributed by atoms with Crippen LogP contribution >= 0.6 is 0 Å². The number of carbonyl (C=O) groups is 1. The molecule has 204 valence electrons. The highest BCUT2D eigenvalue weighted by atomic mass is 19.1. The van der Waals surface area contributed by atoms with Crippen molar-refractivity contribution >= 4 is 17.2 Å². The molecule has 4 aromatic rings. The topological polar surface area (TPSA) is 113 Å². The molecular weight excluding hydrogens is 503 g/mol. The van der Waals surface area contributed by atoms with E-state index in [2.05, 4.69) is 25.6 Å². The van der Waals surface area contributed by atoms with Crippen LogP contribution in [0, 0.1) is 12.7 Å². The molecule has 0 spiro atoms. The van der Waals surface area contributed by atoms with E-state index in [9.17, 15) is 14.3 Å². The van der Waals surface area contributed by atoms with Gasteiger partial charge < -0.3 is 25.2 Å². The molecule has 39 heavy (non-hydrogen) atoms. The van der Waals surface area contributed by atoms with Crippen LogP contribution in [0.4, 0.5) is 10.1 Å². The number of aromatic hydroxyl groups is 1. The number of ether oxygens (including phenoxy) is 2. The summed E-state index contributed by atoms with van der Waals surface area (Å²) in [7, 11) is 0. The molecule has 0 aliphatic carbocycles. The Labute approximate surface area is 225 Å². The Bertz CT molecular complexity index is 1480. The first kappa shape index (κ1) is 26.4. The number of anilines is 1. The number of carbonyl (C=O) groups excluding carboxylic acids is 1. The van der Waals surface area contributed by atoms with Gasteiger partial charge in [-0.3, -0.25) is 9.69 Å². The van der Waals surface area contributed by atoms with Gasteiger partial charge in [-0.05, 0) is 43.7 Å². The summed E-state index contributed by atoms with van der Waals surface area (Å²) in [6.07, 6.45) is 1.71. The van der Waals surface area contributed by atoms with Gasteiger partial charge in [-0.25, -0.2) is 13.9 Å². The predicted octanol–water partition coefficient (Wildman–Crippen LogP) is 3.84. The second-order valence-corrected chi connectivity index (χ2v) is 9.26. The van der Waals surface area contributed by atoms with Crippen LogP contribution in [0.3, 0.4) is 0 Å². The van der Waals surface area contributed by atoms with Crippen LogP contribution in [0.2, 0.25) is 0 Å². The summed E-state index contributed by atoms with van der Waals surface area (Å²) in [5.74, 6) is -0.951. The third-order valence-electron chi connectivity index (χ3n) is 6.53. The number of amides is 1. The van der Waals surface area contributed by atoms with Gasteiger partial charge in [0.2, 0.25) is 5.88 Å². The molecule has 10 nitrogen and oxygen atoms in total. The number of nitrogens with zero attached hydrogens (tertiary/aromatic N) is 4. The van der Waals surface area contributed by atoms with Crippen LogP contribution < -0.4 is 15.4 Å². The Kier molecular flexibility index (Phi) is 7.89. The molecule has 0 radical (unpaired) electrons. The number of hydrogen-bond donors (Lipinski definition) is 3. The maximum atomic E-state index is 14.4. The van der Waals surface area contributed by atoms with Gasteiger partial charge in [0, 0.05) is 56.0 Å². The fraction of sp³-hybridized carbons (Fsp3) is 0.321. The molecule has 1 saturated heterocycles. The second kappa shape index (κ2) is 11.7. The Hall–Kier alpha value is -4.22. The first-order valence-corrected chi connectivity index (χ1v) is 12.9. The summed E-state index contributed by atoms with van der Waals surface area (Å²) in [4.78, 5) is 19.3. The molecule has 0 atom stereocenters. The lowest BCUT2D eigenvalue weighted by Crippen LogP contribution is -2.39. The number of rotatable bonds is 9. The summed E-state index contributed by atoms with van der Waals surface area (Å²) in [5.41, 5.74) is 4.16. The molecule has 1 fully saturated rings. The normalized spacial score (nSPS) is 13.9. The largest absolute Gasteiger partial charge is 0.508 e. The Morgan fingerprint density at radius 3 is 2.74 bits per heavy atom. The zero-order valence-electron chi connectivity index (χ0n) is 21.9. The SMILES string of the molecule is CCNC(=O)c1ccc(-c2cnc3c(NCCN4CCOCC4)cc(Oc4ccc(O)cc4F)nn23)cc1C. The highest BCUT2D eigenvalue weighted by molar-refractivity contribution is 5.96. The molecule has 0 bridgehead atoms. The summed E-state index contributed by atoms with van der Waals surface area (Å²) in [5, 5.41) is 20.4. The van der Waals surface area contributed by atoms with Crippen molar-refractivity contribution in [2.45, 2.75) is 13.8 Å². The quantitative estimate of drug-likeness (QED) is 0.297. The van der Waals surface area contributed by atoms with Crippen LogP contribution in [0.25, 0.3) is 16.9 Å². The molecule has 3 heterocycles. The lowest BCUT2D eigenvalue weighted by Gasteiger charge is -2.26. The van der Waals surface area contributed by atoms with Crippen molar-refractivity contribution in [3.8, 4) is 28.6 Å². The van der Waals surface area contributed by atoms with Crippen molar-refractivity contribution in [1.29, 1.82) is 0 Å². The number of halogens is 1. The minimum atomic E-state index is -0.707. The lowest BCUT2D eigenvalue weighted by atomic mass is 10.0. The van der Waals surface area contributed by atoms with Gasteiger partial charge in [0.1, 0.15) is 5.75 Å². The number of morpholine rings is 1. The maximum Gasteiger partial charge on any atom is 0.251 e. The molecule has 11 heteroatoms.